The number of oxazole rings is 1. The Labute approximate surface area is 301 Å². The molecule has 0 fully saturated rings. The molecule has 0 saturated heterocycles. The van der Waals surface area contributed by atoms with E-state index >= 15 is 0 Å². The van der Waals surface area contributed by atoms with E-state index in [9.17, 15) is 9.90 Å². The first kappa shape index (κ1) is 34.2. The summed E-state index contributed by atoms with van der Waals surface area (Å²) in [6, 6.07) is 47.0. The second kappa shape index (κ2) is 14.5. The van der Waals surface area contributed by atoms with E-state index < -0.39 is 14.2 Å². The molecule has 0 amide bonds. The monoisotopic (exact) mass is 689 g/mol. The SMILES string of the molecule is CC(C)(C)[Si](Oc1cccc2c1CCC=C2C(CCO)C(=O)c1nc(-c2ccccc2)c(-c2ccccc2)o1)(c1ccccc1)c1ccccc1. The minimum atomic E-state index is -2.91. The van der Waals surface area contributed by atoms with Crippen molar-refractivity contribution in [1.82, 2.24) is 4.98 Å². The molecule has 1 heterocycles. The van der Waals surface area contributed by atoms with Crippen LogP contribution >= 0.6 is 0 Å². The van der Waals surface area contributed by atoms with Gasteiger partial charge < -0.3 is 13.9 Å². The van der Waals surface area contributed by atoms with E-state index in [1.807, 2.05) is 66.7 Å². The summed E-state index contributed by atoms with van der Waals surface area (Å²) in [5.41, 5.74) is 5.26. The lowest BCUT2D eigenvalue weighted by molar-refractivity contribution is 0.0898. The number of carbonyl (C=O) groups is 1. The number of aromatic nitrogens is 1. The molecule has 0 aliphatic heterocycles. The quantitative estimate of drug-likeness (QED) is 0.109. The van der Waals surface area contributed by atoms with E-state index in [1.165, 1.54) is 10.4 Å². The molecule has 256 valence electrons. The van der Waals surface area contributed by atoms with Gasteiger partial charge in [-0.25, -0.2) is 4.98 Å². The van der Waals surface area contributed by atoms with E-state index in [4.69, 9.17) is 13.8 Å². The van der Waals surface area contributed by atoms with Crippen LogP contribution in [0.1, 0.15) is 55.4 Å². The maximum absolute atomic E-state index is 14.6. The van der Waals surface area contributed by atoms with Crippen LogP contribution in [0.15, 0.2) is 150 Å². The summed E-state index contributed by atoms with van der Waals surface area (Å²) in [5.74, 6) is 0.533. The Kier molecular flexibility index (Phi) is 9.72. The van der Waals surface area contributed by atoms with Gasteiger partial charge in [0.2, 0.25) is 5.78 Å². The normalized spacial score (nSPS) is 13.6. The number of rotatable bonds is 11. The number of ketones is 1. The number of fused-ring (bicyclic) bond motifs is 1. The Balaban J connectivity index is 1.31. The highest BCUT2D eigenvalue weighted by atomic mass is 28.4. The van der Waals surface area contributed by atoms with Gasteiger partial charge in [0.1, 0.15) is 11.4 Å². The number of aliphatic hydroxyl groups is 1. The molecule has 6 heteroatoms. The molecule has 1 aliphatic rings. The topological polar surface area (TPSA) is 72.6 Å². The smallest absolute Gasteiger partial charge is 0.319 e. The first-order valence-corrected chi connectivity index (χ1v) is 19.6. The predicted molar refractivity (Wildman–Crippen MR) is 208 cm³/mol. The van der Waals surface area contributed by atoms with E-state index in [2.05, 4.69) is 99.6 Å². The predicted octanol–water partition coefficient (Wildman–Crippen LogP) is 9.16. The number of nitrogens with zero attached hydrogens (tertiary/aromatic N) is 1. The van der Waals surface area contributed by atoms with Crippen LogP contribution < -0.4 is 14.8 Å². The molecule has 51 heavy (non-hydrogen) atoms. The average Bonchev–Trinajstić information content (AvgIpc) is 3.62. The second-order valence-corrected chi connectivity index (χ2v) is 18.3. The van der Waals surface area contributed by atoms with Crippen molar-refractivity contribution in [2.75, 3.05) is 6.61 Å². The summed E-state index contributed by atoms with van der Waals surface area (Å²) in [6.07, 6.45) is 3.91. The molecule has 1 atom stereocenters. The van der Waals surface area contributed by atoms with Crippen LogP contribution in [-0.4, -0.2) is 30.8 Å². The third-order valence-corrected chi connectivity index (χ3v) is 14.8. The van der Waals surface area contributed by atoms with Gasteiger partial charge in [-0.2, -0.15) is 0 Å². The van der Waals surface area contributed by atoms with Gasteiger partial charge in [0.05, 0.1) is 5.92 Å². The van der Waals surface area contributed by atoms with E-state index in [-0.39, 0.29) is 29.7 Å². The van der Waals surface area contributed by atoms with Crippen LogP contribution in [0.4, 0.5) is 0 Å². The molecule has 7 rings (SSSR count). The summed E-state index contributed by atoms with van der Waals surface area (Å²) >= 11 is 0. The van der Waals surface area contributed by atoms with Gasteiger partial charge in [0, 0.05) is 23.3 Å². The third-order valence-electron chi connectivity index (χ3n) is 9.91. The Morgan fingerprint density at radius 1 is 0.784 bits per heavy atom. The number of allylic oxidation sites excluding steroid dienone is 2. The van der Waals surface area contributed by atoms with E-state index in [0.717, 1.165) is 46.4 Å². The van der Waals surface area contributed by atoms with Crippen LogP contribution in [-0.2, 0) is 6.42 Å². The third kappa shape index (κ3) is 6.53. The fraction of sp³-hybridized carbons (Fsp3) is 0.200. The van der Waals surface area contributed by atoms with Crippen LogP contribution in [0.3, 0.4) is 0 Å². The van der Waals surface area contributed by atoms with Crippen molar-refractivity contribution in [2.24, 2.45) is 5.92 Å². The molecule has 0 saturated carbocycles. The summed E-state index contributed by atoms with van der Waals surface area (Å²) in [5, 5.41) is 12.5. The zero-order valence-corrected chi connectivity index (χ0v) is 30.4. The molecule has 0 bridgehead atoms. The molecule has 5 nitrogen and oxygen atoms in total. The van der Waals surface area contributed by atoms with Crippen LogP contribution in [0.5, 0.6) is 5.75 Å². The molecular formula is C45H43NO4Si. The number of Topliss-reactive ketones (excluding diaryl/α,β-unsaturated/α-hetero) is 1. The Morgan fingerprint density at radius 2 is 1.35 bits per heavy atom. The van der Waals surface area contributed by atoms with Gasteiger partial charge in [0.25, 0.3) is 5.89 Å². The zero-order chi connectivity index (χ0) is 35.4. The molecule has 0 spiro atoms. The number of hydrogen-bond donors (Lipinski definition) is 1. The van der Waals surface area contributed by atoms with Crippen molar-refractivity contribution >= 4 is 30.0 Å². The van der Waals surface area contributed by atoms with Crippen LogP contribution in [0.2, 0.25) is 5.04 Å². The largest absolute Gasteiger partial charge is 0.534 e. The van der Waals surface area contributed by atoms with Crippen molar-refractivity contribution in [2.45, 2.75) is 45.1 Å². The standard InChI is InChI=1S/C45H43NO4Si/c1-45(2,3)51(34-22-12-6-13-23-34,35-24-14-7-15-25-35)50-40-29-17-27-36-37(26-16-28-38(36)40)39(30-31-47)42(48)44-46-41(32-18-8-4-9-19-32)43(49-44)33-20-10-5-11-21-33/h4-15,17-27,29,39,47H,16,28,30-31H2,1-3H3. The van der Waals surface area contributed by atoms with Gasteiger partial charge in [0.15, 0.2) is 5.76 Å². The fourth-order valence-electron chi connectivity index (χ4n) is 7.52. The average molecular weight is 690 g/mol. The lowest BCUT2D eigenvalue weighted by Crippen LogP contribution is -2.68. The molecule has 6 aromatic rings. The Morgan fingerprint density at radius 3 is 1.92 bits per heavy atom. The van der Waals surface area contributed by atoms with Gasteiger partial charge >= 0.3 is 8.32 Å². The number of aliphatic hydroxyl groups excluding tert-OH is 1. The number of benzene rings is 5. The second-order valence-electron chi connectivity index (χ2n) is 14.1. The molecule has 0 radical (unpaired) electrons. The molecule has 1 aromatic heterocycles. The van der Waals surface area contributed by atoms with Crippen LogP contribution in [0, 0.1) is 5.92 Å². The Hall–Kier alpha value is -5.30. The molecule has 1 aliphatic carbocycles. The van der Waals surface area contributed by atoms with Gasteiger partial charge in [-0.1, -0.05) is 160 Å². The highest BCUT2D eigenvalue weighted by molar-refractivity contribution is 7.00. The van der Waals surface area contributed by atoms with Crippen molar-refractivity contribution in [3.05, 3.63) is 163 Å². The first-order chi connectivity index (χ1) is 24.8. The number of carbonyl (C=O) groups excluding carboxylic acids is 1. The van der Waals surface area contributed by atoms with Gasteiger partial charge in [-0.15, -0.1) is 0 Å². The van der Waals surface area contributed by atoms with Crippen molar-refractivity contribution in [3.63, 3.8) is 0 Å². The lowest BCUT2D eigenvalue weighted by Gasteiger charge is -2.43. The van der Waals surface area contributed by atoms with E-state index in [1.54, 1.807) is 0 Å². The highest BCUT2D eigenvalue weighted by Gasteiger charge is 2.52. The summed E-state index contributed by atoms with van der Waals surface area (Å²) in [4.78, 5) is 19.4. The zero-order valence-electron chi connectivity index (χ0n) is 29.4. The molecular weight excluding hydrogens is 647 g/mol. The molecule has 1 unspecified atom stereocenters. The summed E-state index contributed by atoms with van der Waals surface area (Å²) in [7, 11) is -2.91. The van der Waals surface area contributed by atoms with E-state index in [0.29, 0.717) is 11.5 Å². The maximum atomic E-state index is 14.6. The van der Waals surface area contributed by atoms with Gasteiger partial charge in [-0.3, -0.25) is 4.79 Å². The van der Waals surface area contributed by atoms with Crippen molar-refractivity contribution < 1.29 is 18.7 Å². The Bertz CT molecular complexity index is 2040. The molecule has 1 N–H and O–H groups in total. The minimum Gasteiger partial charge on any atom is -0.534 e. The van der Waals surface area contributed by atoms with Gasteiger partial charge in [-0.05, 0) is 51.9 Å². The number of hydrogen-bond acceptors (Lipinski definition) is 5. The van der Waals surface area contributed by atoms with Crippen molar-refractivity contribution in [1.29, 1.82) is 0 Å². The summed E-state index contributed by atoms with van der Waals surface area (Å²) < 4.78 is 13.9. The first-order valence-electron chi connectivity index (χ1n) is 17.7. The maximum Gasteiger partial charge on any atom is 0.319 e. The highest BCUT2D eigenvalue weighted by Crippen LogP contribution is 2.43. The lowest BCUT2D eigenvalue weighted by atomic mass is 9.80. The fourth-order valence-corrected chi connectivity index (χ4v) is 12.0. The molecule has 5 aromatic carbocycles. The minimum absolute atomic E-state index is 0.0406. The summed E-state index contributed by atoms with van der Waals surface area (Å²) in [6.45, 7) is 6.68. The van der Waals surface area contributed by atoms with Crippen LogP contribution in [0.25, 0.3) is 28.2 Å². The van der Waals surface area contributed by atoms with Crippen molar-refractivity contribution in [3.8, 4) is 28.3 Å².